The molecule has 0 aliphatic heterocycles. The SMILES string of the molecule is CCCC(C)NCC(=O)Nc1cccc(C)c1. The van der Waals surface area contributed by atoms with Gasteiger partial charge in [0.2, 0.25) is 5.91 Å². The summed E-state index contributed by atoms with van der Waals surface area (Å²) in [5.41, 5.74) is 2.01. The van der Waals surface area contributed by atoms with Gasteiger partial charge in [-0.2, -0.15) is 0 Å². The number of rotatable bonds is 6. The normalized spacial score (nSPS) is 12.2. The summed E-state index contributed by atoms with van der Waals surface area (Å²) >= 11 is 0. The van der Waals surface area contributed by atoms with Gasteiger partial charge in [0.25, 0.3) is 0 Å². The van der Waals surface area contributed by atoms with Crippen LogP contribution < -0.4 is 10.6 Å². The van der Waals surface area contributed by atoms with Gasteiger partial charge in [-0.15, -0.1) is 0 Å². The van der Waals surface area contributed by atoms with Crippen LogP contribution >= 0.6 is 0 Å². The zero-order chi connectivity index (χ0) is 12.7. The molecule has 0 radical (unpaired) electrons. The molecule has 0 saturated heterocycles. The lowest BCUT2D eigenvalue weighted by molar-refractivity contribution is -0.115. The van der Waals surface area contributed by atoms with Crippen LogP contribution in [0.3, 0.4) is 0 Å². The quantitative estimate of drug-likeness (QED) is 0.794. The Morgan fingerprint density at radius 2 is 2.18 bits per heavy atom. The molecule has 1 aromatic carbocycles. The van der Waals surface area contributed by atoms with Crippen molar-refractivity contribution in [3.8, 4) is 0 Å². The Bertz CT molecular complexity index is 363. The highest BCUT2D eigenvalue weighted by molar-refractivity contribution is 5.92. The number of hydrogen-bond donors (Lipinski definition) is 2. The van der Waals surface area contributed by atoms with Crippen molar-refractivity contribution < 1.29 is 4.79 Å². The van der Waals surface area contributed by atoms with Crippen LogP contribution in [0.1, 0.15) is 32.3 Å². The summed E-state index contributed by atoms with van der Waals surface area (Å²) in [6, 6.07) is 8.21. The van der Waals surface area contributed by atoms with Gasteiger partial charge < -0.3 is 10.6 Å². The molecule has 3 heteroatoms. The number of carbonyl (C=O) groups is 1. The van der Waals surface area contributed by atoms with Crippen molar-refractivity contribution >= 4 is 11.6 Å². The maximum absolute atomic E-state index is 11.7. The molecule has 1 amide bonds. The maximum Gasteiger partial charge on any atom is 0.238 e. The van der Waals surface area contributed by atoms with Crippen LogP contribution in [0, 0.1) is 6.92 Å². The van der Waals surface area contributed by atoms with Crippen LogP contribution in [-0.4, -0.2) is 18.5 Å². The first-order valence-corrected chi connectivity index (χ1v) is 6.21. The summed E-state index contributed by atoms with van der Waals surface area (Å²) in [5.74, 6) is 0.0125. The van der Waals surface area contributed by atoms with Gasteiger partial charge in [-0.25, -0.2) is 0 Å². The molecule has 0 spiro atoms. The Kier molecular flexibility index (Phi) is 5.70. The zero-order valence-electron chi connectivity index (χ0n) is 10.9. The van der Waals surface area contributed by atoms with Gasteiger partial charge in [0.05, 0.1) is 6.54 Å². The van der Waals surface area contributed by atoms with Crippen molar-refractivity contribution in [2.45, 2.75) is 39.7 Å². The lowest BCUT2D eigenvalue weighted by Gasteiger charge is -2.12. The second-order valence-electron chi connectivity index (χ2n) is 4.49. The Balaban J connectivity index is 2.34. The third-order valence-corrected chi connectivity index (χ3v) is 2.63. The van der Waals surface area contributed by atoms with Crippen molar-refractivity contribution in [1.82, 2.24) is 5.32 Å². The van der Waals surface area contributed by atoms with Crippen LogP contribution in [0.2, 0.25) is 0 Å². The Labute approximate surface area is 104 Å². The maximum atomic E-state index is 11.7. The molecule has 0 bridgehead atoms. The third-order valence-electron chi connectivity index (χ3n) is 2.63. The van der Waals surface area contributed by atoms with E-state index in [9.17, 15) is 4.79 Å². The summed E-state index contributed by atoms with van der Waals surface area (Å²) in [7, 11) is 0. The van der Waals surface area contributed by atoms with Gasteiger partial charge in [0, 0.05) is 11.7 Å². The first-order chi connectivity index (χ1) is 8.11. The van der Waals surface area contributed by atoms with Crippen molar-refractivity contribution in [2.75, 3.05) is 11.9 Å². The number of aryl methyl sites for hydroxylation is 1. The van der Waals surface area contributed by atoms with Gasteiger partial charge in [-0.3, -0.25) is 4.79 Å². The van der Waals surface area contributed by atoms with Crippen LogP contribution in [0.5, 0.6) is 0 Å². The molecule has 94 valence electrons. The fraction of sp³-hybridized carbons (Fsp3) is 0.500. The van der Waals surface area contributed by atoms with Crippen LogP contribution in [-0.2, 0) is 4.79 Å². The molecule has 0 aliphatic rings. The molecule has 0 fully saturated rings. The van der Waals surface area contributed by atoms with Crippen LogP contribution in [0.15, 0.2) is 24.3 Å². The van der Waals surface area contributed by atoms with E-state index in [2.05, 4.69) is 24.5 Å². The number of carbonyl (C=O) groups excluding carboxylic acids is 1. The number of benzene rings is 1. The predicted octanol–water partition coefficient (Wildman–Crippen LogP) is 2.71. The van der Waals surface area contributed by atoms with Crippen LogP contribution in [0.25, 0.3) is 0 Å². The number of hydrogen-bond acceptors (Lipinski definition) is 2. The molecule has 17 heavy (non-hydrogen) atoms. The molecule has 1 atom stereocenters. The molecule has 1 aromatic rings. The summed E-state index contributed by atoms with van der Waals surface area (Å²) in [6.45, 7) is 6.63. The monoisotopic (exact) mass is 234 g/mol. The van der Waals surface area contributed by atoms with E-state index in [1.807, 2.05) is 31.2 Å². The van der Waals surface area contributed by atoms with E-state index in [1.54, 1.807) is 0 Å². The Morgan fingerprint density at radius 3 is 2.82 bits per heavy atom. The largest absolute Gasteiger partial charge is 0.325 e. The molecule has 1 unspecified atom stereocenters. The van der Waals surface area contributed by atoms with E-state index < -0.39 is 0 Å². The topological polar surface area (TPSA) is 41.1 Å². The van der Waals surface area contributed by atoms with Crippen molar-refractivity contribution in [3.63, 3.8) is 0 Å². The van der Waals surface area contributed by atoms with E-state index in [0.29, 0.717) is 12.6 Å². The standard InChI is InChI=1S/C14H22N2O/c1-4-6-12(3)15-10-14(17)16-13-8-5-7-11(2)9-13/h5,7-9,12,15H,4,6,10H2,1-3H3,(H,16,17). The molecule has 0 heterocycles. The molecule has 1 rings (SSSR count). The molecule has 0 aromatic heterocycles. The Hall–Kier alpha value is -1.35. The van der Waals surface area contributed by atoms with Crippen LogP contribution in [0.4, 0.5) is 5.69 Å². The van der Waals surface area contributed by atoms with Crippen molar-refractivity contribution in [3.05, 3.63) is 29.8 Å². The predicted molar refractivity (Wildman–Crippen MR) is 72.2 cm³/mol. The highest BCUT2D eigenvalue weighted by atomic mass is 16.1. The van der Waals surface area contributed by atoms with E-state index in [0.717, 1.165) is 24.1 Å². The second kappa shape index (κ2) is 7.07. The minimum Gasteiger partial charge on any atom is -0.325 e. The molecular weight excluding hydrogens is 212 g/mol. The molecular formula is C14H22N2O. The number of anilines is 1. The summed E-state index contributed by atoms with van der Waals surface area (Å²) in [4.78, 5) is 11.7. The average molecular weight is 234 g/mol. The smallest absolute Gasteiger partial charge is 0.238 e. The van der Waals surface area contributed by atoms with Gasteiger partial charge in [-0.05, 0) is 38.0 Å². The summed E-state index contributed by atoms with van der Waals surface area (Å²) in [5, 5.41) is 6.08. The van der Waals surface area contributed by atoms with E-state index in [4.69, 9.17) is 0 Å². The first kappa shape index (κ1) is 13.7. The van der Waals surface area contributed by atoms with E-state index in [1.165, 1.54) is 0 Å². The van der Waals surface area contributed by atoms with Gasteiger partial charge in [-0.1, -0.05) is 25.5 Å². The minimum absolute atomic E-state index is 0.0125. The number of nitrogens with one attached hydrogen (secondary N) is 2. The van der Waals surface area contributed by atoms with Gasteiger partial charge in [0.1, 0.15) is 0 Å². The highest BCUT2D eigenvalue weighted by Crippen LogP contribution is 2.08. The Morgan fingerprint density at radius 1 is 1.41 bits per heavy atom. The summed E-state index contributed by atoms with van der Waals surface area (Å²) < 4.78 is 0. The average Bonchev–Trinajstić information content (AvgIpc) is 2.27. The van der Waals surface area contributed by atoms with E-state index in [-0.39, 0.29) is 5.91 Å². The highest BCUT2D eigenvalue weighted by Gasteiger charge is 2.05. The molecule has 2 N–H and O–H groups in total. The zero-order valence-corrected chi connectivity index (χ0v) is 10.9. The van der Waals surface area contributed by atoms with E-state index >= 15 is 0 Å². The van der Waals surface area contributed by atoms with Gasteiger partial charge >= 0.3 is 0 Å². The van der Waals surface area contributed by atoms with Gasteiger partial charge in [0.15, 0.2) is 0 Å². The fourth-order valence-corrected chi connectivity index (χ4v) is 1.73. The fourth-order valence-electron chi connectivity index (χ4n) is 1.73. The first-order valence-electron chi connectivity index (χ1n) is 6.21. The summed E-state index contributed by atoms with van der Waals surface area (Å²) in [6.07, 6.45) is 2.23. The van der Waals surface area contributed by atoms with Crippen molar-refractivity contribution in [1.29, 1.82) is 0 Å². The minimum atomic E-state index is 0.0125. The lowest BCUT2D eigenvalue weighted by atomic mass is 10.2. The molecule has 0 saturated carbocycles. The lowest BCUT2D eigenvalue weighted by Crippen LogP contribution is -2.34. The third kappa shape index (κ3) is 5.50. The molecule has 0 aliphatic carbocycles. The number of amides is 1. The van der Waals surface area contributed by atoms with Crippen molar-refractivity contribution in [2.24, 2.45) is 0 Å². The second-order valence-corrected chi connectivity index (χ2v) is 4.49. The molecule has 3 nitrogen and oxygen atoms in total.